The zero-order valence-corrected chi connectivity index (χ0v) is 8.84. The predicted molar refractivity (Wildman–Crippen MR) is 56.2 cm³/mol. The molecule has 0 spiro atoms. The van der Waals surface area contributed by atoms with Gasteiger partial charge in [0.2, 0.25) is 0 Å². The van der Waals surface area contributed by atoms with Crippen LogP contribution in [0.25, 0.3) is 0 Å². The molecule has 0 aromatic carbocycles. The Kier molecular flexibility index (Phi) is 3.09. The largest absolute Gasteiger partial charge is 0.315 e. The number of hydrogen-bond donors (Lipinski definition) is 1. The average Bonchev–Trinajstić information content (AvgIpc) is 1.94. The number of rotatable bonds is 1. The summed E-state index contributed by atoms with van der Waals surface area (Å²) in [5, 5.41) is 0. The molecule has 0 aromatic heterocycles. The molecule has 0 amide bonds. The molecule has 0 aliphatic carbocycles. The van der Waals surface area contributed by atoms with Crippen LogP contribution in [0.15, 0.2) is 23.8 Å². The van der Waals surface area contributed by atoms with Crippen LogP contribution in [0, 0.1) is 0 Å². The van der Waals surface area contributed by atoms with Crippen molar-refractivity contribution in [2.75, 3.05) is 6.54 Å². The van der Waals surface area contributed by atoms with E-state index in [1.807, 2.05) is 6.92 Å². The second-order valence-corrected chi connectivity index (χ2v) is 4.11. The van der Waals surface area contributed by atoms with E-state index in [0.29, 0.717) is 0 Å². The van der Waals surface area contributed by atoms with Gasteiger partial charge in [-0.05, 0) is 18.9 Å². The molecule has 3 heteroatoms. The molecule has 11 heavy (non-hydrogen) atoms. The van der Waals surface area contributed by atoms with Crippen LogP contribution in [0.1, 0.15) is 13.3 Å². The molecule has 0 aromatic rings. The lowest BCUT2D eigenvalue weighted by Gasteiger charge is -2.27. The van der Waals surface area contributed by atoms with Crippen molar-refractivity contribution in [3.05, 3.63) is 23.8 Å². The minimum absolute atomic E-state index is 0.179. The summed E-state index contributed by atoms with van der Waals surface area (Å²) in [6.45, 7) is 6.86. The van der Waals surface area contributed by atoms with E-state index in [4.69, 9.17) is 5.73 Å². The molecule has 62 valence electrons. The zero-order valence-electron chi connectivity index (χ0n) is 6.68. The number of halogens is 1. The maximum atomic E-state index is 5.78. The van der Waals surface area contributed by atoms with Gasteiger partial charge < -0.3 is 5.73 Å². The molecule has 0 radical (unpaired) electrons. The third-order valence-electron chi connectivity index (χ3n) is 1.84. The normalized spacial score (nSPS) is 26.5. The molecule has 1 unspecified atom stereocenters. The van der Waals surface area contributed by atoms with Crippen LogP contribution < -0.4 is 5.73 Å². The van der Waals surface area contributed by atoms with Gasteiger partial charge in [-0.2, -0.15) is 0 Å². The van der Waals surface area contributed by atoms with Gasteiger partial charge in [0.05, 0.1) is 6.17 Å². The highest BCUT2D eigenvalue weighted by atomic mass is 127. The molecule has 1 rings (SSSR count). The molecule has 1 atom stereocenters. The lowest BCUT2D eigenvalue weighted by atomic mass is 10.0. The van der Waals surface area contributed by atoms with Crippen LogP contribution in [-0.2, 0) is 0 Å². The van der Waals surface area contributed by atoms with Gasteiger partial charge in [-0.3, -0.25) is 0 Å². The lowest BCUT2D eigenvalue weighted by Crippen LogP contribution is -2.38. The van der Waals surface area contributed by atoms with E-state index in [-0.39, 0.29) is 6.17 Å². The molecule has 0 fully saturated rings. The van der Waals surface area contributed by atoms with Gasteiger partial charge in [0, 0.05) is 29.4 Å². The second-order valence-electron chi connectivity index (χ2n) is 2.87. The van der Waals surface area contributed by atoms with Crippen molar-refractivity contribution in [1.82, 2.24) is 3.11 Å². The molecule has 0 bridgehead atoms. The first kappa shape index (κ1) is 9.22. The molecular formula is C8H13IN2. The molecule has 2 N–H and O–H groups in total. The minimum atomic E-state index is 0.179. The van der Waals surface area contributed by atoms with Crippen molar-refractivity contribution < 1.29 is 0 Å². The van der Waals surface area contributed by atoms with E-state index >= 15 is 0 Å². The van der Waals surface area contributed by atoms with Gasteiger partial charge in [-0.1, -0.05) is 18.2 Å². The summed E-state index contributed by atoms with van der Waals surface area (Å²) in [4.78, 5) is 0. The van der Waals surface area contributed by atoms with Crippen LogP contribution in [0.3, 0.4) is 0 Å². The van der Waals surface area contributed by atoms with Crippen LogP contribution in [0.5, 0.6) is 0 Å². The fourth-order valence-corrected chi connectivity index (χ4v) is 1.63. The van der Waals surface area contributed by atoms with Gasteiger partial charge in [-0.15, -0.1) is 0 Å². The smallest absolute Gasteiger partial charge is 0.0702 e. The quantitative estimate of drug-likeness (QED) is 0.578. The standard InChI is InChI=1S/C8H13IN2/c1-6(2)7-3-4-8(10)11(9)5-7/h3,8H,1,4-5,10H2,2H3. The van der Waals surface area contributed by atoms with Crippen LogP contribution >= 0.6 is 22.9 Å². The van der Waals surface area contributed by atoms with Gasteiger partial charge in [0.25, 0.3) is 0 Å². The predicted octanol–water partition coefficient (Wildman–Crippen LogP) is 1.83. The van der Waals surface area contributed by atoms with E-state index in [9.17, 15) is 0 Å². The number of nitrogens with zero attached hydrogens (tertiary/aromatic N) is 1. The van der Waals surface area contributed by atoms with Gasteiger partial charge in [0.15, 0.2) is 0 Å². The Morgan fingerprint density at radius 1 is 1.91 bits per heavy atom. The molecule has 1 aliphatic heterocycles. The van der Waals surface area contributed by atoms with Crippen molar-refractivity contribution in [1.29, 1.82) is 0 Å². The Labute approximate surface area is 81.6 Å². The van der Waals surface area contributed by atoms with E-state index in [2.05, 4.69) is 38.6 Å². The lowest BCUT2D eigenvalue weighted by molar-refractivity contribution is 0.399. The Balaban J connectivity index is 2.66. The fraction of sp³-hybridized carbons (Fsp3) is 0.500. The maximum absolute atomic E-state index is 5.78. The molecule has 0 saturated heterocycles. The molecule has 0 saturated carbocycles. The third kappa shape index (κ3) is 2.28. The third-order valence-corrected chi connectivity index (χ3v) is 2.89. The van der Waals surface area contributed by atoms with Gasteiger partial charge in [0.1, 0.15) is 0 Å². The summed E-state index contributed by atoms with van der Waals surface area (Å²) in [5.74, 6) is 0. The van der Waals surface area contributed by atoms with E-state index < -0.39 is 0 Å². The Hall–Kier alpha value is 0.130. The van der Waals surface area contributed by atoms with Gasteiger partial charge in [-0.25, -0.2) is 3.11 Å². The summed E-state index contributed by atoms with van der Waals surface area (Å²) >= 11 is 2.26. The monoisotopic (exact) mass is 264 g/mol. The molecule has 2 nitrogen and oxygen atoms in total. The summed E-state index contributed by atoms with van der Waals surface area (Å²) in [5.41, 5.74) is 8.26. The Bertz CT molecular complexity index is 198. The van der Waals surface area contributed by atoms with Crippen molar-refractivity contribution in [2.24, 2.45) is 5.73 Å². The summed E-state index contributed by atoms with van der Waals surface area (Å²) in [6.07, 6.45) is 3.30. The highest BCUT2D eigenvalue weighted by molar-refractivity contribution is 14.1. The van der Waals surface area contributed by atoms with E-state index in [0.717, 1.165) is 18.5 Å². The summed E-state index contributed by atoms with van der Waals surface area (Å²) < 4.78 is 2.11. The highest BCUT2D eigenvalue weighted by Crippen LogP contribution is 2.20. The average molecular weight is 264 g/mol. The first-order chi connectivity index (χ1) is 5.11. The first-order valence-corrected chi connectivity index (χ1v) is 4.60. The van der Waals surface area contributed by atoms with E-state index in [1.165, 1.54) is 5.57 Å². The number of hydrogen-bond acceptors (Lipinski definition) is 2. The van der Waals surface area contributed by atoms with Crippen LogP contribution in [0.4, 0.5) is 0 Å². The fourth-order valence-electron chi connectivity index (χ4n) is 1.03. The molecular weight excluding hydrogens is 251 g/mol. The van der Waals surface area contributed by atoms with Crippen LogP contribution in [0.2, 0.25) is 0 Å². The topological polar surface area (TPSA) is 29.3 Å². The van der Waals surface area contributed by atoms with Crippen molar-refractivity contribution in [3.63, 3.8) is 0 Å². The number of nitrogens with two attached hydrogens (primary N) is 1. The molecule has 1 aliphatic rings. The first-order valence-electron chi connectivity index (χ1n) is 3.64. The highest BCUT2D eigenvalue weighted by Gasteiger charge is 2.16. The second kappa shape index (κ2) is 3.69. The molecule has 1 heterocycles. The Morgan fingerprint density at radius 3 is 3.00 bits per heavy atom. The van der Waals surface area contributed by atoms with Crippen molar-refractivity contribution >= 4 is 22.9 Å². The van der Waals surface area contributed by atoms with E-state index in [1.54, 1.807) is 0 Å². The SMILES string of the molecule is C=C(C)C1=CCC(N)N(I)C1. The Morgan fingerprint density at radius 2 is 2.55 bits per heavy atom. The zero-order chi connectivity index (χ0) is 8.43. The van der Waals surface area contributed by atoms with Crippen molar-refractivity contribution in [2.45, 2.75) is 19.5 Å². The summed E-state index contributed by atoms with van der Waals surface area (Å²) in [7, 11) is 0. The minimum Gasteiger partial charge on any atom is -0.315 e. The van der Waals surface area contributed by atoms with Crippen LogP contribution in [-0.4, -0.2) is 15.8 Å². The maximum Gasteiger partial charge on any atom is 0.0702 e. The van der Waals surface area contributed by atoms with Crippen molar-refractivity contribution in [3.8, 4) is 0 Å². The summed E-state index contributed by atoms with van der Waals surface area (Å²) in [6, 6.07) is 0. The van der Waals surface area contributed by atoms with Gasteiger partial charge >= 0.3 is 0 Å².